The minimum atomic E-state index is 0.855. The van der Waals surface area contributed by atoms with Crippen molar-refractivity contribution in [3.8, 4) is 0 Å². The Morgan fingerprint density at radius 1 is 1.05 bits per heavy atom. The highest BCUT2D eigenvalue weighted by atomic mass is 15.0. The number of aromatic amines is 1. The third kappa shape index (κ3) is 5.65. The molecular formula is C16H25N5. The molecule has 0 unspecified atom stereocenters. The van der Waals surface area contributed by atoms with E-state index in [-0.39, 0.29) is 0 Å². The van der Waals surface area contributed by atoms with Gasteiger partial charge in [0.1, 0.15) is 5.82 Å². The van der Waals surface area contributed by atoms with Crippen LogP contribution in [0, 0.1) is 13.8 Å². The van der Waals surface area contributed by atoms with E-state index in [2.05, 4.69) is 38.6 Å². The van der Waals surface area contributed by atoms with Crippen molar-refractivity contribution in [1.82, 2.24) is 25.6 Å². The highest BCUT2D eigenvalue weighted by Gasteiger charge is 1.98. The van der Waals surface area contributed by atoms with Gasteiger partial charge in [0, 0.05) is 31.2 Å². The van der Waals surface area contributed by atoms with Gasteiger partial charge in [0.05, 0.1) is 5.69 Å². The molecule has 5 nitrogen and oxygen atoms in total. The molecule has 2 aromatic heterocycles. The van der Waals surface area contributed by atoms with Crippen molar-refractivity contribution in [2.75, 3.05) is 13.1 Å². The molecule has 2 aromatic rings. The largest absolute Gasteiger partial charge is 0.345 e. The highest BCUT2D eigenvalue weighted by Crippen LogP contribution is 2.02. The van der Waals surface area contributed by atoms with Crippen LogP contribution in [0.25, 0.3) is 0 Å². The summed E-state index contributed by atoms with van der Waals surface area (Å²) in [6.07, 6.45) is 6.08. The summed E-state index contributed by atoms with van der Waals surface area (Å²) in [7, 11) is 0. The van der Waals surface area contributed by atoms with Crippen molar-refractivity contribution in [3.05, 3.63) is 47.3 Å². The molecule has 0 radical (unpaired) electrons. The van der Waals surface area contributed by atoms with Crippen LogP contribution in [0.4, 0.5) is 0 Å². The quantitative estimate of drug-likeness (QED) is 0.618. The van der Waals surface area contributed by atoms with Crippen molar-refractivity contribution in [2.24, 2.45) is 0 Å². The molecule has 0 fully saturated rings. The van der Waals surface area contributed by atoms with Crippen molar-refractivity contribution < 1.29 is 0 Å². The Morgan fingerprint density at radius 3 is 2.48 bits per heavy atom. The van der Waals surface area contributed by atoms with Gasteiger partial charge in [-0.2, -0.15) is 0 Å². The van der Waals surface area contributed by atoms with Crippen LogP contribution in [0.5, 0.6) is 0 Å². The molecule has 0 aromatic carbocycles. The number of H-pyrrole nitrogens is 1. The smallest absolute Gasteiger partial charge is 0.103 e. The van der Waals surface area contributed by atoms with Crippen molar-refractivity contribution >= 4 is 0 Å². The van der Waals surface area contributed by atoms with E-state index in [1.165, 1.54) is 18.4 Å². The fourth-order valence-electron chi connectivity index (χ4n) is 2.19. The molecule has 5 heteroatoms. The van der Waals surface area contributed by atoms with Gasteiger partial charge in [-0.3, -0.25) is 4.98 Å². The second-order valence-corrected chi connectivity index (χ2v) is 5.32. The second-order valence-electron chi connectivity index (χ2n) is 5.32. The van der Waals surface area contributed by atoms with E-state index in [0.717, 1.165) is 43.4 Å². The summed E-state index contributed by atoms with van der Waals surface area (Å²) in [5.41, 5.74) is 3.54. The summed E-state index contributed by atoms with van der Waals surface area (Å²) >= 11 is 0. The number of hydrogen-bond acceptors (Lipinski definition) is 4. The number of imidazole rings is 1. The van der Waals surface area contributed by atoms with Gasteiger partial charge in [-0.1, -0.05) is 6.07 Å². The zero-order valence-corrected chi connectivity index (χ0v) is 12.9. The number of nitrogens with zero attached hydrogens (tertiary/aromatic N) is 2. The van der Waals surface area contributed by atoms with Gasteiger partial charge >= 0.3 is 0 Å². The normalized spacial score (nSPS) is 11.0. The summed E-state index contributed by atoms with van der Waals surface area (Å²) in [6.45, 7) is 7.85. The summed E-state index contributed by atoms with van der Waals surface area (Å²) in [5.74, 6) is 0.973. The van der Waals surface area contributed by atoms with Crippen LogP contribution in [-0.2, 0) is 13.1 Å². The van der Waals surface area contributed by atoms with Crippen LogP contribution in [0.1, 0.15) is 35.6 Å². The molecule has 2 rings (SSSR count). The molecule has 3 N–H and O–H groups in total. The van der Waals surface area contributed by atoms with E-state index in [9.17, 15) is 0 Å². The lowest BCUT2D eigenvalue weighted by Crippen LogP contribution is -2.19. The Morgan fingerprint density at radius 2 is 1.81 bits per heavy atom. The number of unbranched alkanes of at least 4 members (excludes halogenated alkanes) is 1. The van der Waals surface area contributed by atoms with Gasteiger partial charge in [-0.25, -0.2) is 4.98 Å². The molecule has 21 heavy (non-hydrogen) atoms. The predicted molar refractivity (Wildman–Crippen MR) is 84.9 cm³/mol. The van der Waals surface area contributed by atoms with Crippen LogP contribution in [0.2, 0.25) is 0 Å². The predicted octanol–water partition coefficient (Wildman–Crippen LogP) is 2.08. The molecule has 0 bridgehead atoms. The monoisotopic (exact) mass is 287 g/mol. The number of pyridine rings is 1. The fourth-order valence-corrected chi connectivity index (χ4v) is 2.19. The van der Waals surface area contributed by atoms with Crippen molar-refractivity contribution in [2.45, 2.75) is 39.8 Å². The number of nitrogens with one attached hydrogen (secondary N) is 3. The lowest BCUT2D eigenvalue weighted by atomic mass is 10.2. The van der Waals surface area contributed by atoms with Crippen LogP contribution in [-0.4, -0.2) is 28.0 Å². The summed E-state index contributed by atoms with van der Waals surface area (Å²) in [5, 5.41) is 6.87. The van der Waals surface area contributed by atoms with Crippen molar-refractivity contribution in [3.63, 3.8) is 0 Å². The molecule has 0 aliphatic heterocycles. The lowest BCUT2D eigenvalue weighted by molar-refractivity contribution is 0.576. The third-order valence-corrected chi connectivity index (χ3v) is 3.44. The van der Waals surface area contributed by atoms with Gasteiger partial charge in [0.15, 0.2) is 0 Å². The van der Waals surface area contributed by atoms with Gasteiger partial charge in [0.2, 0.25) is 0 Å². The number of hydrogen-bond donors (Lipinski definition) is 3. The van der Waals surface area contributed by atoms with E-state index in [4.69, 9.17) is 0 Å². The van der Waals surface area contributed by atoms with Crippen molar-refractivity contribution in [1.29, 1.82) is 0 Å². The van der Waals surface area contributed by atoms with Crippen LogP contribution in [0.15, 0.2) is 24.5 Å². The van der Waals surface area contributed by atoms with E-state index in [1.54, 1.807) is 0 Å². The first-order valence-corrected chi connectivity index (χ1v) is 7.58. The maximum Gasteiger partial charge on any atom is 0.103 e. The standard InChI is InChI=1S/C16H25N5/c1-13-6-5-9-19-16(13)12-18-8-4-3-7-17-10-15-11-20-14(2)21-15/h5-6,9,11,17-18H,3-4,7-8,10,12H2,1-2H3,(H,20,21). The molecule has 0 atom stereocenters. The van der Waals surface area contributed by atoms with Gasteiger partial charge < -0.3 is 15.6 Å². The zero-order chi connectivity index (χ0) is 14.9. The fraction of sp³-hybridized carbons (Fsp3) is 0.500. The summed E-state index contributed by atoms with van der Waals surface area (Å²) in [4.78, 5) is 11.8. The molecule has 0 spiro atoms. The first-order chi connectivity index (χ1) is 10.3. The molecular weight excluding hydrogens is 262 g/mol. The second kappa shape index (κ2) is 8.54. The minimum absolute atomic E-state index is 0.855. The lowest BCUT2D eigenvalue weighted by Gasteiger charge is -2.07. The number of aryl methyl sites for hydroxylation is 2. The van der Waals surface area contributed by atoms with E-state index in [1.807, 2.05) is 25.4 Å². The molecule has 2 heterocycles. The number of aromatic nitrogens is 3. The van der Waals surface area contributed by atoms with Crippen LogP contribution in [0.3, 0.4) is 0 Å². The third-order valence-electron chi connectivity index (χ3n) is 3.44. The number of rotatable bonds is 9. The molecule has 0 amide bonds. The van der Waals surface area contributed by atoms with Crippen LogP contribution >= 0.6 is 0 Å². The van der Waals surface area contributed by atoms with E-state index >= 15 is 0 Å². The molecule has 114 valence electrons. The van der Waals surface area contributed by atoms with Gasteiger partial charge in [-0.15, -0.1) is 0 Å². The average molecular weight is 287 g/mol. The SMILES string of the molecule is Cc1ncc(CNCCCCNCc2ncccc2C)[nH]1. The van der Waals surface area contributed by atoms with E-state index in [0.29, 0.717) is 0 Å². The van der Waals surface area contributed by atoms with Gasteiger partial charge in [0.25, 0.3) is 0 Å². The maximum absolute atomic E-state index is 4.38. The molecule has 0 aliphatic carbocycles. The van der Waals surface area contributed by atoms with E-state index < -0.39 is 0 Å². The van der Waals surface area contributed by atoms with Gasteiger partial charge in [-0.05, 0) is 51.4 Å². The Hall–Kier alpha value is -1.72. The molecule has 0 saturated heterocycles. The Bertz CT molecular complexity index is 535. The molecule has 0 saturated carbocycles. The Kier molecular flexibility index (Phi) is 6.37. The Labute approximate surface area is 126 Å². The molecule has 0 aliphatic rings. The minimum Gasteiger partial charge on any atom is -0.345 e. The topological polar surface area (TPSA) is 65.6 Å². The zero-order valence-electron chi connectivity index (χ0n) is 12.9. The first kappa shape index (κ1) is 15.7. The summed E-state index contributed by atoms with van der Waals surface area (Å²) < 4.78 is 0. The Balaban J connectivity index is 1.48. The highest BCUT2D eigenvalue weighted by molar-refractivity contribution is 5.17. The van der Waals surface area contributed by atoms with Crippen LogP contribution < -0.4 is 10.6 Å². The average Bonchev–Trinajstić information content (AvgIpc) is 2.89. The summed E-state index contributed by atoms with van der Waals surface area (Å²) in [6, 6.07) is 4.08. The first-order valence-electron chi connectivity index (χ1n) is 7.58. The maximum atomic E-state index is 4.38.